The largest absolute Gasteiger partial charge is 0.522 e. The van der Waals surface area contributed by atoms with Crippen LogP contribution in [0.5, 0.6) is 0 Å². The minimum absolute atomic E-state index is 0.244. The van der Waals surface area contributed by atoms with Crippen molar-refractivity contribution in [1.29, 1.82) is 0 Å². The Kier molecular flexibility index (Phi) is 5.51. The minimum Gasteiger partial charge on any atom is -0.313 e. The van der Waals surface area contributed by atoms with Gasteiger partial charge in [-0.2, -0.15) is 0 Å². The number of likely N-dealkylation sites (N-methyl/N-ethyl adjacent to an activating group) is 1. The molecule has 1 fully saturated rings. The second-order valence-electron chi connectivity index (χ2n) is 3.92. The molecule has 0 radical (unpaired) electrons. The predicted molar refractivity (Wildman–Crippen MR) is 55.1 cm³/mol. The van der Waals surface area contributed by atoms with Gasteiger partial charge in [0.25, 0.3) is 0 Å². The van der Waals surface area contributed by atoms with E-state index in [1.807, 2.05) is 0 Å². The maximum Gasteiger partial charge on any atom is 0.522 e. The molecule has 0 aromatic carbocycles. The first-order valence-corrected chi connectivity index (χ1v) is 5.68. The number of rotatable bonds is 6. The lowest BCUT2D eigenvalue weighted by Gasteiger charge is -2.22. The summed E-state index contributed by atoms with van der Waals surface area (Å²) in [5, 5.41) is 3.00. The van der Waals surface area contributed by atoms with Crippen LogP contribution in [0.2, 0.25) is 0 Å². The molecule has 1 saturated heterocycles. The Morgan fingerprint density at radius 2 is 2.19 bits per heavy atom. The standard InChI is InChI=1S/C10H19F3N2O/c1-2-15-6-3-4-9(15)8-14-5-7-16-10(11,12)13/h9,14H,2-8H2,1H3. The second-order valence-corrected chi connectivity index (χ2v) is 3.92. The third-order valence-electron chi connectivity index (χ3n) is 2.83. The molecule has 0 aliphatic carbocycles. The van der Waals surface area contributed by atoms with Crippen molar-refractivity contribution in [2.45, 2.75) is 32.2 Å². The van der Waals surface area contributed by atoms with E-state index in [0.717, 1.165) is 26.1 Å². The molecular weight excluding hydrogens is 221 g/mol. The molecule has 1 heterocycles. The van der Waals surface area contributed by atoms with Gasteiger partial charge >= 0.3 is 6.36 Å². The molecule has 1 aliphatic rings. The topological polar surface area (TPSA) is 24.5 Å². The van der Waals surface area contributed by atoms with Gasteiger partial charge < -0.3 is 5.32 Å². The zero-order chi connectivity index (χ0) is 12.0. The summed E-state index contributed by atoms with van der Waals surface area (Å²) < 4.78 is 38.6. The van der Waals surface area contributed by atoms with Crippen LogP contribution in [0, 0.1) is 0 Å². The summed E-state index contributed by atoms with van der Waals surface area (Å²) in [4.78, 5) is 2.34. The number of ether oxygens (including phenoxy) is 1. The monoisotopic (exact) mass is 240 g/mol. The SMILES string of the molecule is CCN1CCCC1CNCCOC(F)(F)F. The third-order valence-corrected chi connectivity index (χ3v) is 2.83. The van der Waals surface area contributed by atoms with Crippen LogP contribution in [-0.4, -0.2) is 50.1 Å². The van der Waals surface area contributed by atoms with Crippen molar-refractivity contribution in [1.82, 2.24) is 10.2 Å². The maximum absolute atomic E-state index is 11.6. The molecule has 0 amide bonds. The van der Waals surface area contributed by atoms with Gasteiger partial charge in [0.05, 0.1) is 6.61 Å². The Morgan fingerprint density at radius 1 is 1.44 bits per heavy atom. The number of likely N-dealkylation sites (tertiary alicyclic amines) is 1. The lowest BCUT2D eigenvalue weighted by Crippen LogP contribution is -2.39. The van der Waals surface area contributed by atoms with Crippen LogP contribution in [-0.2, 0) is 4.74 Å². The van der Waals surface area contributed by atoms with Gasteiger partial charge in [-0.15, -0.1) is 13.2 Å². The minimum atomic E-state index is -4.51. The molecule has 1 unspecified atom stereocenters. The first-order valence-electron chi connectivity index (χ1n) is 5.68. The summed E-state index contributed by atoms with van der Waals surface area (Å²) >= 11 is 0. The summed E-state index contributed by atoms with van der Waals surface area (Å²) in [6, 6.07) is 0.468. The summed E-state index contributed by atoms with van der Waals surface area (Å²) in [7, 11) is 0. The molecule has 1 N–H and O–H groups in total. The molecule has 16 heavy (non-hydrogen) atoms. The fraction of sp³-hybridized carbons (Fsp3) is 1.00. The van der Waals surface area contributed by atoms with Gasteiger partial charge in [-0.05, 0) is 25.9 Å². The molecule has 0 bridgehead atoms. The highest BCUT2D eigenvalue weighted by Crippen LogP contribution is 2.16. The molecule has 96 valence electrons. The van der Waals surface area contributed by atoms with Crippen molar-refractivity contribution in [3.8, 4) is 0 Å². The maximum atomic E-state index is 11.6. The first-order chi connectivity index (χ1) is 7.53. The fourth-order valence-electron chi connectivity index (χ4n) is 2.05. The molecule has 0 aromatic rings. The molecule has 1 aliphatic heterocycles. The van der Waals surface area contributed by atoms with E-state index in [9.17, 15) is 13.2 Å². The molecule has 0 spiro atoms. The number of halogens is 3. The van der Waals surface area contributed by atoms with Crippen LogP contribution < -0.4 is 5.32 Å². The Balaban J connectivity index is 2.03. The van der Waals surface area contributed by atoms with E-state index in [2.05, 4.69) is 21.9 Å². The van der Waals surface area contributed by atoms with Crippen molar-refractivity contribution in [2.24, 2.45) is 0 Å². The molecule has 3 nitrogen and oxygen atoms in total. The summed E-state index contributed by atoms with van der Waals surface area (Å²) in [5.74, 6) is 0. The van der Waals surface area contributed by atoms with E-state index in [-0.39, 0.29) is 13.2 Å². The highest BCUT2D eigenvalue weighted by Gasteiger charge is 2.28. The molecule has 1 rings (SSSR count). The van der Waals surface area contributed by atoms with Crippen LogP contribution in [0.1, 0.15) is 19.8 Å². The van der Waals surface area contributed by atoms with E-state index >= 15 is 0 Å². The number of nitrogens with zero attached hydrogens (tertiary/aromatic N) is 1. The molecule has 1 atom stereocenters. The van der Waals surface area contributed by atoms with Crippen LogP contribution in [0.3, 0.4) is 0 Å². The number of alkyl halides is 3. The van der Waals surface area contributed by atoms with Crippen molar-refractivity contribution in [2.75, 3.05) is 32.8 Å². The Morgan fingerprint density at radius 3 is 2.81 bits per heavy atom. The van der Waals surface area contributed by atoms with Crippen molar-refractivity contribution in [3.63, 3.8) is 0 Å². The Labute approximate surface area is 93.9 Å². The van der Waals surface area contributed by atoms with Gasteiger partial charge in [0.1, 0.15) is 0 Å². The lowest BCUT2D eigenvalue weighted by atomic mass is 10.2. The van der Waals surface area contributed by atoms with E-state index < -0.39 is 6.36 Å². The zero-order valence-corrected chi connectivity index (χ0v) is 9.52. The zero-order valence-electron chi connectivity index (χ0n) is 9.52. The van der Waals surface area contributed by atoms with E-state index in [1.165, 1.54) is 6.42 Å². The molecule has 0 aromatic heterocycles. The van der Waals surface area contributed by atoms with Crippen molar-refractivity contribution in [3.05, 3.63) is 0 Å². The molecule has 0 saturated carbocycles. The smallest absolute Gasteiger partial charge is 0.313 e. The van der Waals surface area contributed by atoms with E-state index in [0.29, 0.717) is 6.04 Å². The van der Waals surface area contributed by atoms with Gasteiger partial charge in [0, 0.05) is 19.1 Å². The van der Waals surface area contributed by atoms with Crippen molar-refractivity contribution < 1.29 is 17.9 Å². The molecular formula is C10H19F3N2O. The van der Waals surface area contributed by atoms with Gasteiger partial charge in [0.2, 0.25) is 0 Å². The second kappa shape index (κ2) is 6.42. The van der Waals surface area contributed by atoms with Crippen molar-refractivity contribution >= 4 is 0 Å². The normalized spacial score (nSPS) is 22.9. The van der Waals surface area contributed by atoms with Crippen LogP contribution in [0.25, 0.3) is 0 Å². The number of hydrogen-bond acceptors (Lipinski definition) is 3. The van der Waals surface area contributed by atoms with Crippen LogP contribution >= 0.6 is 0 Å². The Bertz CT molecular complexity index is 199. The summed E-state index contributed by atoms with van der Waals surface area (Å²) in [6.07, 6.45) is -2.20. The average Bonchev–Trinajstić information content (AvgIpc) is 2.63. The third kappa shape index (κ3) is 5.14. The fourth-order valence-corrected chi connectivity index (χ4v) is 2.05. The van der Waals surface area contributed by atoms with Crippen LogP contribution in [0.4, 0.5) is 13.2 Å². The van der Waals surface area contributed by atoms with E-state index in [1.54, 1.807) is 0 Å². The van der Waals surface area contributed by atoms with Crippen LogP contribution in [0.15, 0.2) is 0 Å². The van der Waals surface area contributed by atoms with Gasteiger partial charge in [-0.25, -0.2) is 0 Å². The van der Waals surface area contributed by atoms with Gasteiger partial charge in [0.15, 0.2) is 0 Å². The quantitative estimate of drug-likeness (QED) is 0.714. The highest BCUT2D eigenvalue weighted by molar-refractivity contribution is 4.79. The molecule has 6 heteroatoms. The number of nitrogens with one attached hydrogen (secondary N) is 1. The Hall–Kier alpha value is -0.330. The average molecular weight is 240 g/mol. The summed E-state index contributed by atoms with van der Waals surface area (Å²) in [5.41, 5.74) is 0. The first kappa shape index (κ1) is 13.7. The van der Waals surface area contributed by atoms with Gasteiger partial charge in [-0.1, -0.05) is 6.92 Å². The number of hydrogen-bond donors (Lipinski definition) is 1. The van der Waals surface area contributed by atoms with Gasteiger partial charge in [-0.3, -0.25) is 9.64 Å². The van der Waals surface area contributed by atoms with E-state index in [4.69, 9.17) is 0 Å². The summed E-state index contributed by atoms with van der Waals surface area (Å²) in [6.45, 7) is 4.88. The lowest BCUT2D eigenvalue weighted by molar-refractivity contribution is -0.323. The highest BCUT2D eigenvalue weighted by atomic mass is 19.4. The predicted octanol–water partition coefficient (Wildman–Crippen LogP) is 1.60.